The first-order valence-corrected chi connectivity index (χ1v) is 11.0. The molecule has 1 aromatic rings. The molecule has 1 aromatic carbocycles. The van der Waals surface area contributed by atoms with Crippen molar-refractivity contribution in [3.05, 3.63) is 23.2 Å². The molecule has 0 unspecified atom stereocenters. The number of halogens is 1. The van der Waals surface area contributed by atoms with Crippen LogP contribution in [0.25, 0.3) is 0 Å². The number of nitrogens with one attached hydrogen (secondary N) is 1. The molecule has 8 nitrogen and oxygen atoms in total. The number of anilines is 1. The highest BCUT2D eigenvalue weighted by atomic mass is 35.5. The van der Waals surface area contributed by atoms with Gasteiger partial charge in [-0.1, -0.05) is 24.9 Å². The zero-order valence-corrected chi connectivity index (χ0v) is 17.7. The molecule has 1 aliphatic heterocycles. The van der Waals surface area contributed by atoms with Crippen LogP contribution in [0.15, 0.2) is 23.1 Å². The first-order chi connectivity index (χ1) is 13.3. The molecule has 1 fully saturated rings. The minimum atomic E-state index is -3.79. The summed E-state index contributed by atoms with van der Waals surface area (Å²) in [6.07, 6.45) is 2.06. The topological polar surface area (TPSA) is 96.0 Å². The number of amides is 2. The number of carbonyl (C=O) groups is 2. The van der Waals surface area contributed by atoms with Gasteiger partial charge in [0, 0.05) is 32.2 Å². The fraction of sp³-hybridized carbons (Fsp3) is 0.556. The zero-order chi connectivity index (χ0) is 20.7. The smallest absolute Gasteiger partial charge is 0.244 e. The van der Waals surface area contributed by atoms with Crippen LogP contribution in [0, 0.1) is 0 Å². The fourth-order valence-electron chi connectivity index (χ4n) is 2.73. The first-order valence-electron chi connectivity index (χ1n) is 9.17. The maximum Gasteiger partial charge on any atom is 0.244 e. The third kappa shape index (κ3) is 5.91. The highest BCUT2D eigenvalue weighted by molar-refractivity contribution is 7.89. The number of benzene rings is 1. The molecule has 1 aliphatic rings. The van der Waals surface area contributed by atoms with E-state index in [9.17, 15) is 18.0 Å². The van der Waals surface area contributed by atoms with Crippen LogP contribution in [0.1, 0.15) is 26.2 Å². The van der Waals surface area contributed by atoms with Crippen molar-refractivity contribution in [1.29, 1.82) is 0 Å². The maximum atomic E-state index is 12.8. The van der Waals surface area contributed by atoms with Gasteiger partial charge in [0.15, 0.2) is 0 Å². The van der Waals surface area contributed by atoms with Crippen LogP contribution in [-0.2, 0) is 24.3 Å². The number of nitrogens with zero attached hydrogens (tertiary/aromatic N) is 2. The van der Waals surface area contributed by atoms with Gasteiger partial charge < -0.3 is 15.0 Å². The number of likely N-dealkylation sites (N-methyl/N-ethyl adjacent to an activating group) is 1. The number of rotatable bonds is 8. The molecule has 1 heterocycles. The molecule has 10 heteroatoms. The quantitative estimate of drug-likeness (QED) is 0.678. The van der Waals surface area contributed by atoms with Gasteiger partial charge in [-0.25, -0.2) is 8.42 Å². The largest absolute Gasteiger partial charge is 0.379 e. The lowest BCUT2D eigenvalue weighted by Crippen LogP contribution is -2.40. The van der Waals surface area contributed by atoms with E-state index < -0.39 is 15.9 Å². The Labute approximate surface area is 170 Å². The van der Waals surface area contributed by atoms with Gasteiger partial charge in [-0.05, 0) is 24.6 Å². The van der Waals surface area contributed by atoms with Gasteiger partial charge in [0.1, 0.15) is 4.90 Å². The number of sulfonamides is 1. The number of morpholine rings is 1. The second-order valence-corrected chi connectivity index (χ2v) is 8.88. The Bertz CT molecular complexity index is 809. The zero-order valence-electron chi connectivity index (χ0n) is 16.1. The fourth-order valence-corrected chi connectivity index (χ4v) is 4.64. The predicted octanol–water partition coefficient (Wildman–Crippen LogP) is 1.95. The van der Waals surface area contributed by atoms with Crippen molar-refractivity contribution in [2.24, 2.45) is 0 Å². The molecule has 156 valence electrons. The summed E-state index contributed by atoms with van der Waals surface area (Å²) >= 11 is 6.11. The van der Waals surface area contributed by atoms with E-state index in [1.807, 2.05) is 6.92 Å². The number of hydrogen-bond acceptors (Lipinski definition) is 5. The lowest BCUT2D eigenvalue weighted by Gasteiger charge is -2.26. The van der Waals surface area contributed by atoms with Crippen LogP contribution < -0.4 is 5.32 Å². The van der Waals surface area contributed by atoms with E-state index in [2.05, 4.69) is 5.32 Å². The molecule has 0 aliphatic carbocycles. The molecule has 1 saturated heterocycles. The standard InChI is InChI=1S/C18H26ClN3O5S/c1-3-4-5-18(24)21(2)13-17(23)20-14-6-7-15(19)16(12-14)28(25,26)22-8-10-27-11-9-22/h6-7,12H,3-5,8-11,13H2,1-2H3,(H,20,23). The van der Waals surface area contributed by atoms with Crippen molar-refractivity contribution in [3.8, 4) is 0 Å². The molecule has 2 rings (SSSR count). The molecule has 28 heavy (non-hydrogen) atoms. The Hall–Kier alpha value is -1.68. The van der Waals surface area contributed by atoms with Crippen LogP contribution in [0.5, 0.6) is 0 Å². The normalized spacial score (nSPS) is 15.2. The van der Waals surface area contributed by atoms with E-state index in [0.29, 0.717) is 25.3 Å². The summed E-state index contributed by atoms with van der Waals surface area (Å²) in [6.45, 7) is 3.02. The number of unbranched alkanes of at least 4 members (excludes halogenated alkanes) is 1. The van der Waals surface area contributed by atoms with E-state index in [0.717, 1.165) is 12.8 Å². The lowest BCUT2D eigenvalue weighted by molar-refractivity contribution is -0.133. The number of carbonyl (C=O) groups excluding carboxylic acids is 2. The molecular formula is C18H26ClN3O5S. The van der Waals surface area contributed by atoms with Gasteiger partial charge in [-0.15, -0.1) is 0 Å². The van der Waals surface area contributed by atoms with E-state index >= 15 is 0 Å². The van der Waals surface area contributed by atoms with Crippen molar-refractivity contribution in [1.82, 2.24) is 9.21 Å². The highest BCUT2D eigenvalue weighted by Crippen LogP contribution is 2.28. The van der Waals surface area contributed by atoms with Crippen LogP contribution in [0.4, 0.5) is 5.69 Å². The molecule has 0 bridgehead atoms. The van der Waals surface area contributed by atoms with Gasteiger partial charge in [-0.3, -0.25) is 9.59 Å². The summed E-state index contributed by atoms with van der Waals surface area (Å²) in [4.78, 5) is 25.4. The Balaban J connectivity index is 2.08. The summed E-state index contributed by atoms with van der Waals surface area (Å²) in [5.41, 5.74) is 0.302. The Morgan fingerprint density at radius 3 is 2.61 bits per heavy atom. The van der Waals surface area contributed by atoms with Crippen molar-refractivity contribution in [2.75, 3.05) is 45.2 Å². The van der Waals surface area contributed by atoms with Crippen LogP contribution in [0.2, 0.25) is 5.02 Å². The van der Waals surface area contributed by atoms with E-state index in [1.165, 1.54) is 27.4 Å². The average molecular weight is 432 g/mol. The number of hydrogen-bond donors (Lipinski definition) is 1. The SMILES string of the molecule is CCCCC(=O)N(C)CC(=O)Nc1ccc(Cl)c(S(=O)(=O)N2CCOCC2)c1. The minimum Gasteiger partial charge on any atom is -0.379 e. The van der Waals surface area contributed by atoms with E-state index in [-0.39, 0.29) is 35.5 Å². The van der Waals surface area contributed by atoms with Crippen LogP contribution >= 0.6 is 11.6 Å². The summed E-state index contributed by atoms with van der Waals surface area (Å²) in [5.74, 6) is -0.520. The van der Waals surface area contributed by atoms with Gasteiger partial charge in [-0.2, -0.15) is 4.31 Å². The van der Waals surface area contributed by atoms with Crippen LogP contribution in [0.3, 0.4) is 0 Å². The Kier molecular flexibility index (Phi) is 8.23. The van der Waals surface area contributed by atoms with Gasteiger partial charge in [0.25, 0.3) is 0 Å². The third-order valence-electron chi connectivity index (χ3n) is 4.35. The van der Waals surface area contributed by atoms with Crippen molar-refractivity contribution >= 4 is 39.1 Å². The second-order valence-electron chi connectivity index (χ2n) is 6.56. The summed E-state index contributed by atoms with van der Waals surface area (Å²) in [5, 5.41) is 2.71. The summed E-state index contributed by atoms with van der Waals surface area (Å²) in [7, 11) is -2.23. The molecule has 0 aromatic heterocycles. The lowest BCUT2D eigenvalue weighted by atomic mass is 10.2. The van der Waals surface area contributed by atoms with Crippen molar-refractivity contribution in [3.63, 3.8) is 0 Å². The van der Waals surface area contributed by atoms with Gasteiger partial charge in [0.2, 0.25) is 21.8 Å². The Morgan fingerprint density at radius 2 is 1.96 bits per heavy atom. The molecule has 0 atom stereocenters. The first kappa shape index (κ1) is 22.6. The molecule has 0 spiro atoms. The third-order valence-corrected chi connectivity index (χ3v) is 6.73. The van der Waals surface area contributed by atoms with E-state index in [1.54, 1.807) is 7.05 Å². The number of ether oxygens (including phenoxy) is 1. The van der Waals surface area contributed by atoms with E-state index in [4.69, 9.17) is 16.3 Å². The van der Waals surface area contributed by atoms with Crippen molar-refractivity contribution < 1.29 is 22.7 Å². The summed E-state index contributed by atoms with van der Waals surface area (Å²) < 4.78 is 32.2. The van der Waals surface area contributed by atoms with Gasteiger partial charge in [0.05, 0.1) is 24.8 Å². The monoisotopic (exact) mass is 431 g/mol. The highest BCUT2D eigenvalue weighted by Gasteiger charge is 2.28. The maximum absolute atomic E-state index is 12.8. The molecule has 0 radical (unpaired) electrons. The molecular weight excluding hydrogens is 406 g/mol. The van der Waals surface area contributed by atoms with Crippen molar-refractivity contribution in [2.45, 2.75) is 31.1 Å². The van der Waals surface area contributed by atoms with Crippen LogP contribution in [-0.4, -0.2) is 69.3 Å². The Morgan fingerprint density at radius 1 is 1.29 bits per heavy atom. The second kappa shape index (κ2) is 10.2. The molecule has 0 saturated carbocycles. The average Bonchev–Trinajstić information content (AvgIpc) is 2.68. The molecule has 1 N–H and O–H groups in total. The minimum absolute atomic E-state index is 0.0683. The predicted molar refractivity (Wildman–Crippen MR) is 107 cm³/mol. The van der Waals surface area contributed by atoms with Gasteiger partial charge >= 0.3 is 0 Å². The summed E-state index contributed by atoms with van der Waals surface area (Å²) in [6, 6.07) is 4.29. The molecule has 2 amide bonds.